The van der Waals surface area contributed by atoms with Gasteiger partial charge in [-0.15, -0.1) is 5.10 Å². The molecule has 0 bridgehead atoms. The number of nitrogens with one attached hydrogen (secondary N) is 1. The van der Waals surface area contributed by atoms with Crippen LogP contribution in [0.1, 0.15) is 21.8 Å². The number of aromatic nitrogens is 2. The van der Waals surface area contributed by atoms with Gasteiger partial charge in [0.25, 0.3) is 11.8 Å². The first kappa shape index (κ1) is 25.8. The summed E-state index contributed by atoms with van der Waals surface area (Å²) in [5, 5.41) is 6.64. The number of anilines is 1. The Bertz CT molecular complexity index is 1290. The third-order valence-electron chi connectivity index (χ3n) is 5.86. The summed E-state index contributed by atoms with van der Waals surface area (Å²) in [7, 11) is 4.21. The fourth-order valence-electron chi connectivity index (χ4n) is 4.20. The molecule has 4 rings (SSSR count). The minimum atomic E-state index is -3.04. The second-order valence-corrected chi connectivity index (χ2v) is 8.11. The lowest BCUT2D eigenvalue weighted by Gasteiger charge is -2.20. The van der Waals surface area contributed by atoms with Crippen LogP contribution in [0.5, 0.6) is 17.4 Å². The molecule has 2 amide bonds. The van der Waals surface area contributed by atoms with Gasteiger partial charge in [-0.3, -0.25) is 14.3 Å². The van der Waals surface area contributed by atoms with Crippen LogP contribution in [-0.2, 0) is 11.8 Å². The van der Waals surface area contributed by atoms with Crippen LogP contribution in [0.15, 0.2) is 42.6 Å². The van der Waals surface area contributed by atoms with E-state index >= 15 is 8.78 Å². The van der Waals surface area contributed by atoms with Crippen LogP contribution in [0, 0.1) is 11.6 Å². The Kier molecular flexibility index (Phi) is 7.23. The molecular formula is C24H22F4N4O5. The minimum absolute atomic E-state index is 0.0150. The van der Waals surface area contributed by atoms with E-state index in [2.05, 4.69) is 15.2 Å². The number of carbonyl (C=O) groups is 2. The summed E-state index contributed by atoms with van der Waals surface area (Å²) in [5.41, 5.74) is -0.147. The highest BCUT2D eigenvalue weighted by Gasteiger charge is 2.46. The molecule has 0 saturated carbocycles. The first-order chi connectivity index (χ1) is 17.6. The fraction of sp³-hybridized carbons (Fsp3) is 0.292. The van der Waals surface area contributed by atoms with Crippen molar-refractivity contribution in [2.75, 3.05) is 25.7 Å². The molecule has 2 aromatic carbocycles. The number of hydrogen-bond acceptors (Lipinski definition) is 6. The van der Waals surface area contributed by atoms with Gasteiger partial charge in [0.15, 0.2) is 0 Å². The van der Waals surface area contributed by atoms with Crippen LogP contribution in [0.2, 0.25) is 0 Å². The van der Waals surface area contributed by atoms with Gasteiger partial charge >= 0.3 is 6.61 Å². The molecule has 3 aromatic rings. The quantitative estimate of drug-likeness (QED) is 0.457. The summed E-state index contributed by atoms with van der Waals surface area (Å²) < 4.78 is 70.8. The normalized spacial score (nSPS) is 17.3. The van der Waals surface area contributed by atoms with E-state index in [4.69, 9.17) is 9.47 Å². The number of methoxy groups -OCH3 is 2. The standard InChI is InChI=1S/C24H22F4N4O5/c1-31-11-18(22(30-31)36-3)32-10-15(19-16(25)8-14(35-2)9-17(19)26)20(23(32)34)29-21(33)12-4-6-13(7-5-12)37-24(27)28/h4-9,11,15,20,24H,10H2,1-3H3,(H,29,33)/t15-,20-/m0/s1. The molecule has 1 saturated heterocycles. The van der Waals surface area contributed by atoms with Crippen LogP contribution in [0.25, 0.3) is 0 Å². The first-order valence-electron chi connectivity index (χ1n) is 10.9. The van der Waals surface area contributed by atoms with E-state index < -0.39 is 47.6 Å². The Hall–Kier alpha value is -4.29. The Morgan fingerprint density at radius 2 is 1.73 bits per heavy atom. The zero-order valence-electron chi connectivity index (χ0n) is 19.9. The first-order valence-corrected chi connectivity index (χ1v) is 10.9. The maximum Gasteiger partial charge on any atom is 0.387 e. The molecule has 37 heavy (non-hydrogen) atoms. The van der Waals surface area contributed by atoms with Crippen LogP contribution >= 0.6 is 0 Å². The van der Waals surface area contributed by atoms with E-state index in [-0.39, 0.29) is 35.2 Å². The van der Waals surface area contributed by atoms with Crippen LogP contribution in [0.4, 0.5) is 23.2 Å². The average Bonchev–Trinajstić information content (AvgIpc) is 3.38. The number of halogens is 4. The van der Waals surface area contributed by atoms with Crippen LogP contribution < -0.4 is 24.4 Å². The van der Waals surface area contributed by atoms with Gasteiger partial charge in [-0.25, -0.2) is 8.78 Å². The molecule has 13 heteroatoms. The lowest BCUT2D eigenvalue weighted by molar-refractivity contribution is -0.118. The number of rotatable bonds is 8. The summed E-state index contributed by atoms with van der Waals surface area (Å²) in [6.45, 7) is -3.24. The van der Waals surface area contributed by atoms with Crippen molar-refractivity contribution in [2.24, 2.45) is 7.05 Å². The summed E-state index contributed by atoms with van der Waals surface area (Å²) >= 11 is 0. The largest absolute Gasteiger partial charge is 0.497 e. The van der Waals surface area contributed by atoms with Gasteiger partial charge in [0.05, 0.1) is 20.4 Å². The molecule has 1 aliphatic rings. The highest BCUT2D eigenvalue weighted by molar-refractivity contribution is 6.05. The summed E-state index contributed by atoms with van der Waals surface area (Å²) in [6.07, 6.45) is 1.50. The highest BCUT2D eigenvalue weighted by atomic mass is 19.3. The zero-order chi connectivity index (χ0) is 26.9. The zero-order valence-corrected chi connectivity index (χ0v) is 19.9. The van der Waals surface area contributed by atoms with Crippen molar-refractivity contribution in [3.05, 3.63) is 65.4 Å². The number of alkyl halides is 2. The van der Waals surface area contributed by atoms with Crippen molar-refractivity contribution in [1.82, 2.24) is 15.1 Å². The number of carbonyl (C=O) groups excluding carboxylic acids is 2. The number of benzene rings is 2. The highest BCUT2D eigenvalue weighted by Crippen LogP contribution is 2.39. The van der Waals surface area contributed by atoms with Gasteiger partial charge < -0.3 is 24.4 Å². The van der Waals surface area contributed by atoms with Crippen molar-refractivity contribution in [3.63, 3.8) is 0 Å². The number of amides is 2. The molecule has 1 fully saturated rings. The molecule has 2 atom stereocenters. The van der Waals surface area contributed by atoms with Gasteiger partial charge in [0, 0.05) is 42.8 Å². The van der Waals surface area contributed by atoms with Gasteiger partial charge in [-0.1, -0.05) is 0 Å². The maximum absolute atomic E-state index is 15.1. The monoisotopic (exact) mass is 522 g/mol. The Morgan fingerprint density at radius 1 is 1.08 bits per heavy atom. The van der Waals surface area contributed by atoms with E-state index in [1.54, 1.807) is 7.05 Å². The minimum Gasteiger partial charge on any atom is -0.497 e. The smallest absolute Gasteiger partial charge is 0.387 e. The second kappa shape index (κ2) is 10.4. The molecule has 0 spiro atoms. The van der Waals surface area contributed by atoms with Crippen molar-refractivity contribution in [1.29, 1.82) is 0 Å². The van der Waals surface area contributed by atoms with Crippen LogP contribution in [-0.4, -0.2) is 55.0 Å². The molecule has 1 aromatic heterocycles. The summed E-state index contributed by atoms with van der Waals surface area (Å²) in [5.74, 6) is -4.59. The summed E-state index contributed by atoms with van der Waals surface area (Å²) in [4.78, 5) is 27.7. The predicted molar refractivity (Wildman–Crippen MR) is 122 cm³/mol. The molecule has 196 valence electrons. The van der Waals surface area contributed by atoms with E-state index in [1.165, 1.54) is 42.1 Å². The number of hydrogen-bond donors (Lipinski definition) is 1. The third-order valence-corrected chi connectivity index (χ3v) is 5.86. The molecule has 9 nitrogen and oxygen atoms in total. The maximum atomic E-state index is 15.1. The lowest BCUT2D eigenvalue weighted by Crippen LogP contribution is -2.44. The molecule has 1 N–H and O–H groups in total. The van der Waals surface area contributed by atoms with E-state index in [0.717, 1.165) is 24.3 Å². The SMILES string of the molecule is COc1cc(F)c([C@@H]2CN(c3cn(C)nc3OC)C(=O)[C@H]2NC(=O)c2ccc(OC(F)F)cc2)c(F)c1. The van der Waals surface area contributed by atoms with Crippen molar-refractivity contribution in [2.45, 2.75) is 18.6 Å². The van der Waals surface area contributed by atoms with E-state index in [9.17, 15) is 18.4 Å². The molecule has 0 unspecified atom stereocenters. The molecule has 0 aliphatic carbocycles. The van der Waals surface area contributed by atoms with E-state index in [0.29, 0.717) is 0 Å². The second-order valence-electron chi connectivity index (χ2n) is 8.11. The third kappa shape index (κ3) is 5.15. The van der Waals surface area contributed by atoms with Crippen molar-refractivity contribution < 1.29 is 41.4 Å². The average molecular weight is 522 g/mol. The topological polar surface area (TPSA) is 94.9 Å². The summed E-state index contributed by atoms with van der Waals surface area (Å²) in [6, 6.07) is 5.34. The Balaban J connectivity index is 1.70. The molecule has 1 aliphatic heterocycles. The number of ether oxygens (including phenoxy) is 3. The van der Waals surface area contributed by atoms with Gasteiger partial charge in [0.2, 0.25) is 5.91 Å². The number of aryl methyl sites for hydroxylation is 1. The van der Waals surface area contributed by atoms with Crippen molar-refractivity contribution in [3.8, 4) is 17.4 Å². The van der Waals surface area contributed by atoms with E-state index in [1.807, 2.05) is 0 Å². The van der Waals surface area contributed by atoms with Gasteiger partial charge in [0.1, 0.15) is 34.9 Å². The van der Waals surface area contributed by atoms with Crippen LogP contribution in [0.3, 0.4) is 0 Å². The van der Waals surface area contributed by atoms with Crippen molar-refractivity contribution >= 4 is 17.5 Å². The van der Waals surface area contributed by atoms with Gasteiger partial charge in [-0.05, 0) is 24.3 Å². The Labute approximate surface area is 208 Å². The molecule has 2 heterocycles. The molecule has 0 radical (unpaired) electrons. The number of nitrogens with zero attached hydrogens (tertiary/aromatic N) is 3. The predicted octanol–water partition coefficient (Wildman–Crippen LogP) is 3.25. The van der Waals surface area contributed by atoms with Gasteiger partial charge in [-0.2, -0.15) is 8.78 Å². The molecular weight excluding hydrogens is 500 g/mol. The Morgan fingerprint density at radius 3 is 2.30 bits per heavy atom. The fourth-order valence-corrected chi connectivity index (χ4v) is 4.20. The lowest BCUT2D eigenvalue weighted by atomic mass is 9.92.